The maximum atomic E-state index is 12.0. The van der Waals surface area contributed by atoms with Crippen LogP contribution in [0.5, 0.6) is 0 Å². The molecule has 0 spiro atoms. The Balaban J connectivity index is 1.89. The molecular formula is C11H20N2O2. The zero-order valence-electron chi connectivity index (χ0n) is 9.28. The molecule has 2 rings (SSSR count). The first-order valence-electron chi connectivity index (χ1n) is 5.87. The van der Waals surface area contributed by atoms with Gasteiger partial charge < -0.3 is 15.3 Å². The fourth-order valence-corrected chi connectivity index (χ4v) is 2.46. The van der Waals surface area contributed by atoms with Crippen LogP contribution in [0.25, 0.3) is 0 Å². The van der Waals surface area contributed by atoms with E-state index in [1.54, 1.807) is 4.90 Å². The molecule has 2 aliphatic rings. The summed E-state index contributed by atoms with van der Waals surface area (Å²) in [4.78, 5) is 13.8. The number of carbonyl (C=O) groups is 1. The Morgan fingerprint density at radius 3 is 2.87 bits per heavy atom. The molecule has 4 heteroatoms. The molecule has 0 bridgehead atoms. The highest BCUT2D eigenvalue weighted by Crippen LogP contribution is 2.18. The van der Waals surface area contributed by atoms with E-state index >= 15 is 0 Å². The number of amides is 1. The van der Waals surface area contributed by atoms with Crippen LogP contribution in [0, 0.1) is 5.92 Å². The number of rotatable bonds is 1. The minimum atomic E-state index is -0.310. The Morgan fingerprint density at radius 2 is 2.27 bits per heavy atom. The van der Waals surface area contributed by atoms with E-state index in [4.69, 9.17) is 0 Å². The summed E-state index contributed by atoms with van der Waals surface area (Å²) in [5.41, 5.74) is 0. The van der Waals surface area contributed by atoms with Crippen LogP contribution in [0.4, 0.5) is 0 Å². The first kappa shape index (κ1) is 10.9. The monoisotopic (exact) mass is 212 g/mol. The molecule has 2 unspecified atom stereocenters. The van der Waals surface area contributed by atoms with Crippen LogP contribution in [-0.4, -0.2) is 47.7 Å². The van der Waals surface area contributed by atoms with Gasteiger partial charge in [-0.05, 0) is 31.7 Å². The first-order valence-corrected chi connectivity index (χ1v) is 5.87. The number of hydrogen-bond donors (Lipinski definition) is 2. The smallest absolute Gasteiger partial charge is 0.239 e. The van der Waals surface area contributed by atoms with Crippen LogP contribution in [0.15, 0.2) is 0 Å². The molecule has 0 saturated carbocycles. The van der Waals surface area contributed by atoms with Gasteiger partial charge in [-0.1, -0.05) is 6.92 Å². The Hall–Kier alpha value is -0.610. The molecule has 3 atom stereocenters. The predicted molar refractivity (Wildman–Crippen MR) is 57.4 cm³/mol. The summed E-state index contributed by atoms with van der Waals surface area (Å²) < 4.78 is 0. The predicted octanol–water partition coefficient (Wildman–Crippen LogP) is -0.0323. The lowest BCUT2D eigenvalue weighted by Gasteiger charge is -2.30. The molecule has 0 aliphatic carbocycles. The number of β-amino-alcohol motifs (C(OH)–C–C–N with tert-alkyl or cyclic N) is 1. The fourth-order valence-electron chi connectivity index (χ4n) is 2.46. The molecule has 2 fully saturated rings. The summed E-state index contributed by atoms with van der Waals surface area (Å²) in [7, 11) is 0. The van der Waals surface area contributed by atoms with E-state index in [-0.39, 0.29) is 18.1 Å². The normalized spacial score (nSPS) is 36.9. The third-order valence-electron chi connectivity index (χ3n) is 3.44. The Kier molecular flexibility index (Phi) is 3.26. The molecule has 0 aromatic carbocycles. The number of nitrogens with one attached hydrogen (secondary N) is 1. The maximum Gasteiger partial charge on any atom is 0.239 e. The molecular weight excluding hydrogens is 192 g/mol. The third kappa shape index (κ3) is 2.49. The Morgan fingerprint density at radius 1 is 1.47 bits per heavy atom. The van der Waals surface area contributed by atoms with Crippen LogP contribution in [0.1, 0.15) is 26.2 Å². The van der Waals surface area contributed by atoms with Crippen molar-refractivity contribution in [3.05, 3.63) is 0 Å². The zero-order chi connectivity index (χ0) is 10.8. The first-order chi connectivity index (χ1) is 7.16. The van der Waals surface area contributed by atoms with Gasteiger partial charge in [0.25, 0.3) is 0 Å². The van der Waals surface area contributed by atoms with Crippen LogP contribution >= 0.6 is 0 Å². The van der Waals surface area contributed by atoms with Gasteiger partial charge in [0.05, 0.1) is 12.1 Å². The number of aliphatic hydroxyl groups excluding tert-OH is 1. The summed E-state index contributed by atoms with van der Waals surface area (Å²) in [6, 6.07) is -0.0148. The molecule has 1 amide bonds. The SMILES string of the molecule is CC1CCNC(C(=O)N2CC[C@H](O)C2)C1. The largest absolute Gasteiger partial charge is 0.391 e. The van der Waals surface area contributed by atoms with Crippen molar-refractivity contribution in [2.24, 2.45) is 5.92 Å². The van der Waals surface area contributed by atoms with Gasteiger partial charge in [0.1, 0.15) is 0 Å². The highest BCUT2D eigenvalue weighted by Gasteiger charge is 2.31. The average Bonchev–Trinajstić information content (AvgIpc) is 2.64. The lowest BCUT2D eigenvalue weighted by molar-refractivity contribution is -0.133. The van der Waals surface area contributed by atoms with Crippen molar-refractivity contribution >= 4 is 5.91 Å². The van der Waals surface area contributed by atoms with Crippen molar-refractivity contribution in [1.82, 2.24) is 10.2 Å². The molecule has 2 saturated heterocycles. The third-order valence-corrected chi connectivity index (χ3v) is 3.44. The number of nitrogens with zero attached hydrogens (tertiary/aromatic N) is 1. The summed E-state index contributed by atoms with van der Waals surface area (Å²) >= 11 is 0. The Labute approximate surface area is 90.6 Å². The van der Waals surface area contributed by atoms with Crippen molar-refractivity contribution in [3.63, 3.8) is 0 Å². The van der Waals surface area contributed by atoms with Crippen molar-refractivity contribution in [3.8, 4) is 0 Å². The molecule has 2 N–H and O–H groups in total. The number of likely N-dealkylation sites (tertiary alicyclic amines) is 1. The summed E-state index contributed by atoms with van der Waals surface area (Å²) in [5, 5.41) is 12.7. The van der Waals surface area contributed by atoms with Crippen molar-refractivity contribution < 1.29 is 9.90 Å². The van der Waals surface area contributed by atoms with Gasteiger partial charge in [-0.3, -0.25) is 4.79 Å². The van der Waals surface area contributed by atoms with Gasteiger partial charge in [-0.15, -0.1) is 0 Å². The molecule has 0 radical (unpaired) electrons. The molecule has 15 heavy (non-hydrogen) atoms. The number of carbonyl (C=O) groups excluding carboxylic acids is 1. The topological polar surface area (TPSA) is 52.6 Å². The van der Waals surface area contributed by atoms with Gasteiger partial charge in [-0.25, -0.2) is 0 Å². The summed E-state index contributed by atoms with van der Waals surface area (Å²) in [6.45, 7) is 4.37. The Bertz CT molecular complexity index is 245. The van der Waals surface area contributed by atoms with E-state index in [9.17, 15) is 9.90 Å². The second-order valence-electron chi connectivity index (χ2n) is 4.86. The highest BCUT2D eigenvalue weighted by molar-refractivity contribution is 5.82. The summed E-state index contributed by atoms with van der Waals surface area (Å²) in [5.74, 6) is 0.811. The van der Waals surface area contributed by atoms with Crippen molar-refractivity contribution in [1.29, 1.82) is 0 Å². The summed E-state index contributed by atoms with van der Waals surface area (Å²) in [6.07, 6.45) is 2.52. The van der Waals surface area contributed by atoms with Gasteiger partial charge in [0.2, 0.25) is 5.91 Å². The van der Waals surface area contributed by atoms with Gasteiger partial charge in [-0.2, -0.15) is 0 Å². The second-order valence-corrected chi connectivity index (χ2v) is 4.86. The van der Waals surface area contributed by atoms with Crippen LogP contribution in [0.3, 0.4) is 0 Å². The van der Waals surface area contributed by atoms with E-state index in [0.29, 0.717) is 19.0 Å². The zero-order valence-corrected chi connectivity index (χ0v) is 9.28. The number of hydrogen-bond acceptors (Lipinski definition) is 3. The van der Waals surface area contributed by atoms with E-state index < -0.39 is 0 Å². The number of aliphatic hydroxyl groups is 1. The molecule has 86 valence electrons. The van der Waals surface area contributed by atoms with Crippen molar-refractivity contribution in [2.45, 2.75) is 38.3 Å². The lowest BCUT2D eigenvalue weighted by atomic mass is 9.93. The van der Waals surface area contributed by atoms with Crippen LogP contribution < -0.4 is 5.32 Å². The highest BCUT2D eigenvalue weighted by atomic mass is 16.3. The minimum Gasteiger partial charge on any atom is -0.391 e. The average molecular weight is 212 g/mol. The van der Waals surface area contributed by atoms with Crippen molar-refractivity contribution in [2.75, 3.05) is 19.6 Å². The van der Waals surface area contributed by atoms with Crippen LogP contribution in [-0.2, 0) is 4.79 Å². The number of piperidine rings is 1. The van der Waals surface area contributed by atoms with E-state index in [1.807, 2.05) is 0 Å². The minimum absolute atomic E-state index is 0.0148. The van der Waals surface area contributed by atoms with E-state index in [0.717, 1.165) is 25.8 Å². The second kappa shape index (κ2) is 4.49. The quantitative estimate of drug-likeness (QED) is 0.641. The molecule has 4 nitrogen and oxygen atoms in total. The fraction of sp³-hybridized carbons (Fsp3) is 0.909. The lowest BCUT2D eigenvalue weighted by Crippen LogP contribution is -2.49. The van der Waals surface area contributed by atoms with Gasteiger partial charge >= 0.3 is 0 Å². The maximum absolute atomic E-state index is 12.0. The van der Waals surface area contributed by atoms with Gasteiger partial charge in [0, 0.05) is 13.1 Å². The molecule has 2 heterocycles. The van der Waals surface area contributed by atoms with E-state index in [1.165, 1.54) is 0 Å². The molecule has 2 aliphatic heterocycles. The standard InChI is InChI=1S/C11H20N2O2/c1-8-2-4-12-10(6-8)11(15)13-5-3-9(14)7-13/h8-10,12,14H,2-7H2,1H3/t8?,9-,10?/m0/s1. The molecule has 0 aromatic heterocycles. The van der Waals surface area contributed by atoms with Gasteiger partial charge in [0.15, 0.2) is 0 Å². The van der Waals surface area contributed by atoms with E-state index in [2.05, 4.69) is 12.2 Å². The van der Waals surface area contributed by atoms with Crippen LogP contribution in [0.2, 0.25) is 0 Å². The molecule has 0 aromatic rings.